The molecule has 0 aliphatic heterocycles. The summed E-state index contributed by atoms with van der Waals surface area (Å²) in [5, 5.41) is 7.48. The van der Waals surface area contributed by atoms with Crippen molar-refractivity contribution in [2.24, 2.45) is 4.99 Å². The van der Waals surface area contributed by atoms with Crippen molar-refractivity contribution in [3.8, 4) is 5.75 Å². The fourth-order valence-electron chi connectivity index (χ4n) is 2.24. The predicted octanol–water partition coefficient (Wildman–Crippen LogP) is 3.86. The van der Waals surface area contributed by atoms with E-state index in [2.05, 4.69) is 27.5 Å². The maximum Gasteiger partial charge on any atom is 0.434 e. The average molecular weight is 400 g/mol. The van der Waals surface area contributed by atoms with E-state index in [1.165, 1.54) is 0 Å². The van der Waals surface area contributed by atoms with Crippen molar-refractivity contribution in [1.82, 2.24) is 15.6 Å². The van der Waals surface area contributed by atoms with E-state index >= 15 is 0 Å². The molecule has 0 aliphatic rings. The van der Waals surface area contributed by atoms with Gasteiger partial charge in [0.25, 0.3) is 0 Å². The molecule has 0 aliphatic carbocycles. The zero-order chi connectivity index (χ0) is 19.7. The van der Waals surface area contributed by atoms with E-state index in [9.17, 15) is 13.2 Å². The molecule has 0 fully saturated rings. The highest BCUT2D eigenvalue weighted by Crippen LogP contribution is 2.29. The Balaban J connectivity index is 1.78. The molecular formula is C18H23F3N4OS. The molecule has 1 aromatic heterocycles. The summed E-state index contributed by atoms with van der Waals surface area (Å²) in [6.07, 6.45) is -2.69. The normalized spacial score (nSPS) is 12.1. The van der Waals surface area contributed by atoms with Crippen LogP contribution in [-0.2, 0) is 19.1 Å². The number of nitrogens with zero attached hydrogens (tertiary/aromatic N) is 2. The molecule has 0 unspecified atom stereocenters. The van der Waals surface area contributed by atoms with E-state index in [1.54, 1.807) is 7.05 Å². The first-order chi connectivity index (χ1) is 12.9. The maximum absolute atomic E-state index is 12.6. The Hall–Kier alpha value is -2.29. The number of rotatable bonds is 8. The third-order valence-corrected chi connectivity index (χ3v) is 4.40. The lowest BCUT2D eigenvalue weighted by Gasteiger charge is -2.11. The lowest BCUT2D eigenvalue weighted by molar-refractivity contribution is -0.140. The average Bonchev–Trinajstić information content (AvgIpc) is 3.12. The monoisotopic (exact) mass is 400 g/mol. The number of guanidine groups is 1. The molecule has 5 nitrogen and oxygen atoms in total. The standard InChI is InChI=1S/C18H23F3N4OS/c1-3-9-26-14-6-4-5-13(10-14)7-8-23-17(22-2)24-11-16-25-15(12-27-16)18(19,20)21/h4-6,10,12H,3,7-9,11H2,1-2H3,(H2,22,23,24). The second kappa shape index (κ2) is 10.1. The zero-order valence-electron chi connectivity index (χ0n) is 15.3. The second-order valence-corrected chi connectivity index (χ2v) is 6.67. The van der Waals surface area contributed by atoms with Crippen LogP contribution in [0, 0.1) is 0 Å². The smallest absolute Gasteiger partial charge is 0.434 e. The third-order valence-electron chi connectivity index (χ3n) is 3.55. The Morgan fingerprint density at radius 1 is 1.30 bits per heavy atom. The van der Waals surface area contributed by atoms with E-state index in [4.69, 9.17) is 4.74 Å². The van der Waals surface area contributed by atoms with Crippen LogP contribution in [0.25, 0.3) is 0 Å². The van der Waals surface area contributed by atoms with Crippen LogP contribution in [0.2, 0.25) is 0 Å². The Morgan fingerprint density at radius 3 is 2.78 bits per heavy atom. The van der Waals surface area contributed by atoms with Crippen molar-refractivity contribution < 1.29 is 17.9 Å². The number of aromatic nitrogens is 1. The van der Waals surface area contributed by atoms with Crippen LogP contribution in [-0.4, -0.2) is 31.1 Å². The molecule has 0 radical (unpaired) electrons. The molecule has 27 heavy (non-hydrogen) atoms. The van der Waals surface area contributed by atoms with Crippen LogP contribution < -0.4 is 15.4 Å². The number of nitrogens with one attached hydrogen (secondary N) is 2. The Morgan fingerprint density at radius 2 is 2.11 bits per heavy atom. The summed E-state index contributed by atoms with van der Waals surface area (Å²) >= 11 is 0.967. The van der Waals surface area contributed by atoms with Crippen LogP contribution in [0.5, 0.6) is 5.75 Å². The molecule has 148 valence electrons. The molecule has 2 aromatic rings. The van der Waals surface area contributed by atoms with Gasteiger partial charge < -0.3 is 15.4 Å². The van der Waals surface area contributed by atoms with Gasteiger partial charge in [0.2, 0.25) is 0 Å². The molecule has 1 heterocycles. The minimum Gasteiger partial charge on any atom is -0.494 e. The minimum absolute atomic E-state index is 0.181. The van der Waals surface area contributed by atoms with Crippen molar-refractivity contribution in [2.45, 2.75) is 32.5 Å². The lowest BCUT2D eigenvalue weighted by atomic mass is 10.1. The maximum atomic E-state index is 12.6. The largest absolute Gasteiger partial charge is 0.494 e. The summed E-state index contributed by atoms with van der Waals surface area (Å²) in [5.41, 5.74) is 0.263. The fraction of sp³-hybridized carbons (Fsp3) is 0.444. The first-order valence-corrected chi connectivity index (χ1v) is 9.48. The van der Waals surface area contributed by atoms with Crippen molar-refractivity contribution in [1.29, 1.82) is 0 Å². The summed E-state index contributed by atoms with van der Waals surface area (Å²) in [5.74, 6) is 1.36. The van der Waals surface area contributed by atoms with E-state index in [-0.39, 0.29) is 6.54 Å². The fourth-order valence-corrected chi connectivity index (χ4v) is 2.98. The number of hydrogen-bond acceptors (Lipinski definition) is 4. The number of alkyl halides is 3. The van der Waals surface area contributed by atoms with Crippen molar-refractivity contribution in [3.05, 3.63) is 45.9 Å². The topological polar surface area (TPSA) is 58.5 Å². The number of aliphatic imine (C=N–C) groups is 1. The number of halogens is 3. The van der Waals surface area contributed by atoms with Gasteiger partial charge in [-0.05, 0) is 30.5 Å². The van der Waals surface area contributed by atoms with Crippen molar-refractivity contribution >= 4 is 17.3 Å². The van der Waals surface area contributed by atoms with Gasteiger partial charge in [-0.2, -0.15) is 13.2 Å². The Kier molecular flexibility index (Phi) is 7.90. The highest BCUT2D eigenvalue weighted by atomic mass is 32.1. The summed E-state index contributed by atoms with van der Waals surface area (Å²) in [7, 11) is 1.61. The van der Waals surface area contributed by atoms with Gasteiger partial charge in [-0.15, -0.1) is 11.3 Å². The zero-order valence-corrected chi connectivity index (χ0v) is 16.1. The van der Waals surface area contributed by atoms with Gasteiger partial charge >= 0.3 is 6.18 Å². The molecule has 0 spiro atoms. The molecule has 0 saturated heterocycles. The third kappa shape index (κ3) is 7.09. The van der Waals surface area contributed by atoms with Crippen LogP contribution in [0.4, 0.5) is 13.2 Å². The summed E-state index contributed by atoms with van der Waals surface area (Å²) in [6.45, 7) is 3.55. The summed E-state index contributed by atoms with van der Waals surface area (Å²) in [6, 6.07) is 7.90. The van der Waals surface area contributed by atoms with Gasteiger partial charge in [-0.1, -0.05) is 19.1 Å². The van der Waals surface area contributed by atoms with Crippen molar-refractivity contribution in [3.63, 3.8) is 0 Å². The quantitative estimate of drug-likeness (QED) is 0.522. The van der Waals surface area contributed by atoms with Gasteiger partial charge in [-0.3, -0.25) is 4.99 Å². The van der Waals surface area contributed by atoms with Gasteiger partial charge in [-0.25, -0.2) is 4.98 Å². The van der Waals surface area contributed by atoms with Crippen LogP contribution >= 0.6 is 11.3 Å². The van der Waals surface area contributed by atoms with Crippen LogP contribution in [0.3, 0.4) is 0 Å². The van der Waals surface area contributed by atoms with Gasteiger partial charge in [0.15, 0.2) is 11.7 Å². The molecule has 2 rings (SSSR count). The number of thiazole rings is 1. The van der Waals surface area contributed by atoms with E-state index in [1.807, 2.05) is 24.3 Å². The van der Waals surface area contributed by atoms with Gasteiger partial charge in [0.1, 0.15) is 10.8 Å². The first kappa shape index (κ1) is 21.0. The Labute approximate surface area is 160 Å². The Bertz CT molecular complexity index is 746. The highest BCUT2D eigenvalue weighted by molar-refractivity contribution is 7.09. The van der Waals surface area contributed by atoms with E-state index in [0.29, 0.717) is 24.1 Å². The minimum atomic E-state index is -4.41. The lowest BCUT2D eigenvalue weighted by Crippen LogP contribution is -2.37. The first-order valence-electron chi connectivity index (χ1n) is 8.60. The molecule has 1 aromatic carbocycles. The number of benzene rings is 1. The second-order valence-electron chi connectivity index (χ2n) is 5.72. The van der Waals surface area contributed by atoms with Crippen LogP contribution in [0.15, 0.2) is 34.6 Å². The number of ether oxygens (including phenoxy) is 1. The molecule has 9 heteroatoms. The van der Waals surface area contributed by atoms with Crippen LogP contribution in [0.1, 0.15) is 29.6 Å². The molecule has 0 bridgehead atoms. The van der Waals surface area contributed by atoms with Crippen molar-refractivity contribution in [2.75, 3.05) is 20.2 Å². The SMILES string of the molecule is CCCOc1cccc(CCNC(=NC)NCc2nc(C(F)(F)F)cs2)c1. The van der Waals surface area contributed by atoms with Gasteiger partial charge in [0, 0.05) is 19.0 Å². The summed E-state index contributed by atoms with van der Waals surface area (Å²) in [4.78, 5) is 7.66. The molecule has 0 atom stereocenters. The predicted molar refractivity (Wildman–Crippen MR) is 101 cm³/mol. The number of hydrogen-bond donors (Lipinski definition) is 2. The molecule has 0 amide bonds. The molecule has 2 N–H and O–H groups in total. The van der Waals surface area contributed by atoms with E-state index in [0.717, 1.165) is 40.9 Å². The van der Waals surface area contributed by atoms with E-state index < -0.39 is 11.9 Å². The summed E-state index contributed by atoms with van der Waals surface area (Å²) < 4.78 is 43.3. The molecule has 0 saturated carbocycles. The van der Waals surface area contributed by atoms with Gasteiger partial charge in [0.05, 0.1) is 13.2 Å². The molecular weight excluding hydrogens is 377 g/mol. The highest BCUT2D eigenvalue weighted by Gasteiger charge is 2.33.